The molecular formula is C22H28ClN3O. The first kappa shape index (κ1) is 19.7. The molecule has 5 heteroatoms. The topological polar surface area (TPSA) is 32.3 Å². The zero-order valence-electron chi connectivity index (χ0n) is 16.2. The van der Waals surface area contributed by atoms with Gasteiger partial charge in [-0.1, -0.05) is 13.8 Å². The smallest absolute Gasteiger partial charge is 0.203 e. The van der Waals surface area contributed by atoms with E-state index >= 15 is 0 Å². The summed E-state index contributed by atoms with van der Waals surface area (Å²) in [6, 6.07) is 12.8. The van der Waals surface area contributed by atoms with Crippen LogP contribution in [0.15, 0.2) is 40.8 Å². The molecule has 3 aliphatic rings. The van der Waals surface area contributed by atoms with E-state index in [-0.39, 0.29) is 12.4 Å². The van der Waals surface area contributed by atoms with Gasteiger partial charge in [-0.25, -0.2) is 9.56 Å². The highest BCUT2D eigenvalue weighted by atomic mass is 35.5. The van der Waals surface area contributed by atoms with Crippen molar-refractivity contribution < 1.29 is 16.8 Å². The fourth-order valence-corrected chi connectivity index (χ4v) is 3.88. The molecule has 0 atom stereocenters. The third-order valence-corrected chi connectivity index (χ3v) is 5.17. The lowest BCUT2D eigenvalue weighted by Crippen LogP contribution is -3.00. The minimum absolute atomic E-state index is 0. The van der Waals surface area contributed by atoms with E-state index in [4.69, 9.17) is 9.40 Å². The predicted octanol–water partition coefficient (Wildman–Crippen LogP) is 1.13. The summed E-state index contributed by atoms with van der Waals surface area (Å²) < 4.78 is 8.71. The fraction of sp³-hybridized carbons (Fsp3) is 0.455. The maximum absolute atomic E-state index is 6.28. The van der Waals surface area contributed by atoms with Gasteiger partial charge in [-0.2, -0.15) is 0 Å². The number of fused-ring (bicyclic) bond motifs is 2. The molecule has 2 heterocycles. The molecule has 0 radical (unpaired) electrons. The number of nitrogens with zero attached hydrogens (tertiary/aromatic N) is 3. The number of hydrogen-bond donors (Lipinski definition) is 0. The predicted molar refractivity (Wildman–Crippen MR) is 108 cm³/mol. The van der Waals surface area contributed by atoms with Gasteiger partial charge in [0.25, 0.3) is 0 Å². The van der Waals surface area contributed by atoms with E-state index < -0.39 is 0 Å². The zero-order chi connectivity index (χ0) is 17.9. The highest BCUT2D eigenvalue weighted by Crippen LogP contribution is 2.27. The Morgan fingerprint density at radius 2 is 1.74 bits per heavy atom. The first-order chi connectivity index (χ1) is 12.8. The second kappa shape index (κ2) is 8.75. The van der Waals surface area contributed by atoms with E-state index in [1.165, 1.54) is 23.9 Å². The number of benzene rings is 2. The quantitative estimate of drug-likeness (QED) is 0.487. The average molecular weight is 386 g/mol. The monoisotopic (exact) mass is 385 g/mol. The molecule has 0 unspecified atom stereocenters. The van der Waals surface area contributed by atoms with Gasteiger partial charge in [0.2, 0.25) is 5.36 Å². The fourth-order valence-electron chi connectivity index (χ4n) is 3.88. The van der Waals surface area contributed by atoms with Crippen LogP contribution in [0.4, 0.5) is 5.69 Å². The van der Waals surface area contributed by atoms with Crippen LogP contribution in [0.1, 0.15) is 39.5 Å². The van der Waals surface area contributed by atoms with Crippen LogP contribution < -0.4 is 27.2 Å². The lowest BCUT2D eigenvalue weighted by atomic mass is 10.2. The zero-order valence-corrected chi connectivity index (χ0v) is 17.0. The standard InChI is InChI=1S/C22H28N3O.ClH/c1-3-11-24(12-4-2)17-7-9-19-21(15-17)26-22-16-18(8-10-20(22)23-19)25-13-5-6-14-25;/h7-10,15-16H,3-6,11-14H2,1-2H3;1H/q+1;/p-1. The molecule has 4 nitrogen and oxygen atoms in total. The summed E-state index contributed by atoms with van der Waals surface area (Å²) in [5, 5.41) is 1.25. The van der Waals surface area contributed by atoms with Crippen LogP contribution in [0, 0.1) is 0 Å². The Morgan fingerprint density at radius 3 is 2.44 bits per heavy atom. The normalized spacial score (nSPS) is 13.9. The van der Waals surface area contributed by atoms with E-state index in [0.717, 1.165) is 61.6 Å². The van der Waals surface area contributed by atoms with E-state index in [0.29, 0.717) is 0 Å². The van der Waals surface area contributed by atoms with Crippen LogP contribution >= 0.6 is 0 Å². The molecule has 0 saturated carbocycles. The first-order valence-electron chi connectivity index (χ1n) is 9.96. The van der Waals surface area contributed by atoms with Crippen LogP contribution in [0.25, 0.3) is 22.6 Å². The third kappa shape index (κ3) is 4.11. The van der Waals surface area contributed by atoms with Gasteiger partial charge >= 0.3 is 0 Å². The number of hydrogen-bond acceptors (Lipinski definition) is 3. The maximum atomic E-state index is 6.28. The summed E-state index contributed by atoms with van der Waals surface area (Å²) in [7, 11) is 0. The molecule has 0 spiro atoms. The van der Waals surface area contributed by atoms with E-state index in [2.05, 4.69) is 59.7 Å². The van der Waals surface area contributed by atoms with Crippen molar-refractivity contribution in [1.29, 1.82) is 0 Å². The molecule has 27 heavy (non-hydrogen) atoms. The van der Waals surface area contributed by atoms with Crippen LogP contribution in [0.2, 0.25) is 0 Å². The molecule has 2 aliphatic heterocycles. The summed E-state index contributed by atoms with van der Waals surface area (Å²) in [4.78, 5) is 7.24. The van der Waals surface area contributed by atoms with Crippen LogP contribution in [-0.4, -0.2) is 31.2 Å². The Bertz CT molecular complexity index is 936. The molecule has 1 aromatic carbocycles. The second-order valence-electron chi connectivity index (χ2n) is 7.20. The van der Waals surface area contributed by atoms with Crippen molar-refractivity contribution in [3.8, 4) is 11.5 Å². The molecule has 0 bridgehead atoms. The molecule has 0 amide bonds. The van der Waals surface area contributed by atoms with Crippen molar-refractivity contribution in [1.82, 2.24) is 9.56 Å². The Kier molecular flexibility index (Phi) is 6.38. The Balaban J connectivity index is 0.00000210. The Labute approximate surface area is 167 Å². The number of halogens is 1. The van der Waals surface area contributed by atoms with Gasteiger partial charge < -0.3 is 21.7 Å². The van der Waals surface area contributed by atoms with Crippen molar-refractivity contribution in [3.63, 3.8) is 0 Å². The number of rotatable bonds is 5. The largest absolute Gasteiger partial charge is 1.00 e. The van der Waals surface area contributed by atoms with E-state index in [1.807, 2.05) is 0 Å². The van der Waals surface area contributed by atoms with Crippen LogP contribution in [0.3, 0.4) is 0 Å². The van der Waals surface area contributed by atoms with Gasteiger partial charge in [-0.05, 0) is 31.0 Å². The summed E-state index contributed by atoms with van der Waals surface area (Å²) in [5.74, 6) is 0.872. The molecule has 1 aliphatic carbocycles. The Hall–Kier alpha value is -2.07. The van der Waals surface area contributed by atoms with Crippen molar-refractivity contribution in [2.75, 3.05) is 31.1 Å². The van der Waals surface area contributed by atoms with Gasteiger partial charge in [0, 0.05) is 43.8 Å². The lowest BCUT2D eigenvalue weighted by Gasteiger charge is -2.23. The van der Waals surface area contributed by atoms with Gasteiger partial charge in [0.1, 0.15) is 24.3 Å². The molecule has 1 fully saturated rings. The summed E-state index contributed by atoms with van der Waals surface area (Å²) in [6.07, 6.45) is 4.84. The second-order valence-corrected chi connectivity index (χ2v) is 7.20. The van der Waals surface area contributed by atoms with Gasteiger partial charge in [-0.15, -0.1) is 0 Å². The molecule has 1 aromatic rings. The Morgan fingerprint density at radius 1 is 1.00 bits per heavy atom. The van der Waals surface area contributed by atoms with Crippen molar-refractivity contribution >= 4 is 16.8 Å². The molecule has 0 aromatic heterocycles. The minimum atomic E-state index is 0. The highest BCUT2D eigenvalue weighted by molar-refractivity contribution is 5.80. The summed E-state index contributed by atoms with van der Waals surface area (Å²) in [5.41, 5.74) is 3.93. The van der Waals surface area contributed by atoms with Gasteiger partial charge in [-0.3, -0.25) is 0 Å². The first-order valence-corrected chi connectivity index (χ1v) is 9.96. The van der Waals surface area contributed by atoms with Crippen molar-refractivity contribution in [2.24, 2.45) is 0 Å². The minimum Gasteiger partial charge on any atom is -1.00 e. The van der Waals surface area contributed by atoms with Crippen LogP contribution in [0.5, 0.6) is 0 Å². The summed E-state index contributed by atoms with van der Waals surface area (Å²) >= 11 is 0. The molecule has 1 saturated heterocycles. The summed E-state index contributed by atoms with van der Waals surface area (Å²) in [6.45, 7) is 8.87. The maximum Gasteiger partial charge on any atom is 0.203 e. The molecule has 4 rings (SSSR count). The molecule has 144 valence electrons. The van der Waals surface area contributed by atoms with Gasteiger partial charge in [0.05, 0.1) is 6.07 Å². The number of aromatic nitrogens is 1. The third-order valence-electron chi connectivity index (χ3n) is 5.17. The SMILES string of the molecule is CCCN(CCC)c1ccc2nc3ccc(=[N+]4CCCC4)cc-3oc2c1.[Cl-]. The lowest BCUT2D eigenvalue weighted by molar-refractivity contribution is -0.00000590. The van der Waals surface area contributed by atoms with Crippen molar-refractivity contribution in [2.45, 2.75) is 39.5 Å². The molecule has 0 N–H and O–H groups in total. The molecular weight excluding hydrogens is 358 g/mol. The average Bonchev–Trinajstić information content (AvgIpc) is 3.20. The van der Waals surface area contributed by atoms with Crippen LogP contribution in [-0.2, 0) is 0 Å². The van der Waals surface area contributed by atoms with E-state index in [9.17, 15) is 0 Å². The van der Waals surface area contributed by atoms with E-state index in [1.54, 1.807) is 0 Å². The van der Waals surface area contributed by atoms with Crippen molar-refractivity contribution in [3.05, 3.63) is 41.8 Å². The highest BCUT2D eigenvalue weighted by Gasteiger charge is 2.16. The van der Waals surface area contributed by atoms with Gasteiger partial charge in [0.15, 0.2) is 11.3 Å². The number of anilines is 1.